The number of hydrogen-bond donors (Lipinski definition) is 1. The predicted octanol–water partition coefficient (Wildman–Crippen LogP) is 5.51. The molecule has 0 radical (unpaired) electrons. The smallest absolute Gasteiger partial charge is 0.265 e. The van der Waals surface area contributed by atoms with Crippen LogP contribution in [0.1, 0.15) is 31.9 Å². The molecule has 4 nitrogen and oxygen atoms in total. The summed E-state index contributed by atoms with van der Waals surface area (Å²) in [6.07, 6.45) is 0. The third-order valence-corrected chi connectivity index (χ3v) is 5.41. The number of benzene rings is 2. The fraction of sp³-hybridized carbons (Fsp3) is 0.227. The van der Waals surface area contributed by atoms with Crippen LogP contribution in [0.3, 0.4) is 0 Å². The van der Waals surface area contributed by atoms with Crippen molar-refractivity contribution in [2.75, 3.05) is 12.4 Å². The molecule has 0 unspecified atom stereocenters. The molecule has 1 aromatic heterocycles. The van der Waals surface area contributed by atoms with Crippen molar-refractivity contribution in [1.29, 1.82) is 0 Å². The molecule has 1 amide bonds. The Morgan fingerprint density at radius 2 is 1.89 bits per heavy atom. The van der Waals surface area contributed by atoms with E-state index in [0.717, 1.165) is 22.4 Å². The highest BCUT2D eigenvalue weighted by atomic mass is 32.1. The van der Waals surface area contributed by atoms with Crippen LogP contribution in [0.5, 0.6) is 11.5 Å². The lowest BCUT2D eigenvalue weighted by molar-refractivity contribution is 0.103. The van der Waals surface area contributed by atoms with Gasteiger partial charge in [0.15, 0.2) is 0 Å². The van der Waals surface area contributed by atoms with E-state index in [2.05, 4.69) is 18.3 Å². The lowest BCUT2D eigenvalue weighted by Gasteiger charge is -2.10. The number of hydrogen-bond acceptors (Lipinski definition) is 4. The van der Waals surface area contributed by atoms with E-state index in [1.54, 1.807) is 7.11 Å². The van der Waals surface area contributed by atoms with Crippen LogP contribution in [0.25, 0.3) is 0 Å². The fourth-order valence-corrected chi connectivity index (χ4v) is 3.51. The van der Waals surface area contributed by atoms with Gasteiger partial charge in [-0.25, -0.2) is 0 Å². The quantitative estimate of drug-likeness (QED) is 0.612. The van der Waals surface area contributed by atoms with Crippen LogP contribution in [-0.4, -0.2) is 13.0 Å². The number of aryl methyl sites for hydroxylation is 2. The molecule has 1 N–H and O–H groups in total. The van der Waals surface area contributed by atoms with Gasteiger partial charge in [0.25, 0.3) is 5.91 Å². The SMILES string of the molecule is COc1ccc(C)cc1NC(=O)c1cc(COc2cccc(C)c2C)cs1. The van der Waals surface area contributed by atoms with Crippen molar-refractivity contribution < 1.29 is 14.3 Å². The summed E-state index contributed by atoms with van der Waals surface area (Å²) in [6.45, 7) is 6.52. The first-order valence-electron chi connectivity index (χ1n) is 8.70. The van der Waals surface area contributed by atoms with Crippen molar-refractivity contribution in [3.63, 3.8) is 0 Å². The van der Waals surface area contributed by atoms with Gasteiger partial charge in [-0.2, -0.15) is 0 Å². The van der Waals surface area contributed by atoms with E-state index < -0.39 is 0 Å². The predicted molar refractivity (Wildman–Crippen MR) is 110 cm³/mol. The molecule has 140 valence electrons. The molecule has 27 heavy (non-hydrogen) atoms. The number of anilines is 1. The Balaban J connectivity index is 1.67. The summed E-state index contributed by atoms with van der Waals surface area (Å²) in [6, 6.07) is 13.6. The molecule has 0 aliphatic heterocycles. The number of amides is 1. The van der Waals surface area contributed by atoms with E-state index in [0.29, 0.717) is 22.9 Å². The summed E-state index contributed by atoms with van der Waals surface area (Å²) in [5.74, 6) is 1.36. The van der Waals surface area contributed by atoms with Crippen LogP contribution in [0, 0.1) is 20.8 Å². The summed E-state index contributed by atoms with van der Waals surface area (Å²) in [5, 5.41) is 4.88. The second-order valence-corrected chi connectivity index (χ2v) is 7.38. The number of methoxy groups -OCH3 is 1. The maximum absolute atomic E-state index is 12.6. The zero-order valence-electron chi connectivity index (χ0n) is 16.0. The van der Waals surface area contributed by atoms with Gasteiger partial charge in [-0.1, -0.05) is 18.2 Å². The highest BCUT2D eigenvalue weighted by molar-refractivity contribution is 7.12. The molecule has 3 aromatic rings. The highest BCUT2D eigenvalue weighted by Gasteiger charge is 2.13. The van der Waals surface area contributed by atoms with Gasteiger partial charge in [0.2, 0.25) is 0 Å². The molecular weight excluding hydrogens is 358 g/mol. The van der Waals surface area contributed by atoms with Gasteiger partial charge in [0, 0.05) is 5.56 Å². The van der Waals surface area contributed by atoms with Gasteiger partial charge >= 0.3 is 0 Å². The lowest BCUT2D eigenvalue weighted by atomic mass is 10.1. The average Bonchev–Trinajstić information content (AvgIpc) is 3.12. The van der Waals surface area contributed by atoms with Crippen molar-refractivity contribution in [3.05, 3.63) is 75.0 Å². The standard InChI is InChI=1S/C22H23NO3S/c1-14-8-9-20(25-4)18(10-14)23-22(24)21-11-17(13-27-21)12-26-19-7-5-6-15(2)16(19)3/h5-11,13H,12H2,1-4H3,(H,23,24). The number of carbonyl (C=O) groups excluding carboxylic acids is 1. The summed E-state index contributed by atoms with van der Waals surface area (Å²) in [7, 11) is 1.59. The van der Waals surface area contributed by atoms with Crippen molar-refractivity contribution in [2.24, 2.45) is 0 Å². The first-order valence-corrected chi connectivity index (χ1v) is 9.58. The van der Waals surface area contributed by atoms with Gasteiger partial charge in [-0.05, 0) is 67.1 Å². The maximum atomic E-state index is 12.6. The van der Waals surface area contributed by atoms with Crippen molar-refractivity contribution in [1.82, 2.24) is 0 Å². The van der Waals surface area contributed by atoms with Gasteiger partial charge in [0.05, 0.1) is 17.7 Å². The molecular formula is C22H23NO3S. The molecule has 0 saturated carbocycles. The molecule has 0 spiro atoms. The molecule has 5 heteroatoms. The average molecular weight is 381 g/mol. The van der Waals surface area contributed by atoms with E-state index in [4.69, 9.17) is 9.47 Å². The van der Waals surface area contributed by atoms with E-state index in [9.17, 15) is 4.79 Å². The van der Waals surface area contributed by atoms with Crippen LogP contribution in [-0.2, 0) is 6.61 Å². The Morgan fingerprint density at radius 1 is 1.07 bits per heavy atom. The first-order chi connectivity index (χ1) is 13.0. The molecule has 0 bridgehead atoms. The first kappa shape index (κ1) is 19.0. The molecule has 1 heterocycles. The van der Waals surface area contributed by atoms with Crippen LogP contribution in [0.15, 0.2) is 47.8 Å². The second kappa shape index (κ2) is 8.27. The Labute approximate surface area is 163 Å². The Kier molecular flexibility index (Phi) is 5.81. The monoisotopic (exact) mass is 381 g/mol. The maximum Gasteiger partial charge on any atom is 0.265 e. The van der Waals surface area contributed by atoms with Crippen LogP contribution in [0.4, 0.5) is 5.69 Å². The Hall–Kier alpha value is -2.79. The molecule has 3 rings (SSSR count). The summed E-state index contributed by atoms with van der Waals surface area (Å²) >= 11 is 1.40. The molecule has 0 fully saturated rings. The molecule has 0 atom stereocenters. The van der Waals surface area contributed by atoms with Gasteiger partial charge in [-0.3, -0.25) is 4.79 Å². The number of nitrogens with one attached hydrogen (secondary N) is 1. The topological polar surface area (TPSA) is 47.6 Å². The van der Waals surface area contributed by atoms with Crippen molar-refractivity contribution in [3.8, 4) is 11.5 Å². The van der Waals surface area contributed by atoms with Gasteiger partial charge in [0.1, 0.15) is 18.1 Å². The zero-order valence-corrected chi connectivity index (χ0v) is 16.8. The van der Waals surface area contributed by atoms with Crippen LogP contribution >= 0.6 is 11.3 Å². The minimum Gasteiger partial charge on any atom is -0.495 e. The lowest BCUT2D eigenvalue weighted by Crippen LogP contribution is -2.11. The highest BCUT2D eigenvalue weighted by Crippen LogP contribution is 2.27. The van der Waals surface area contributed by atoms with Gasteiger partial charge < -0.3 is 14.8 Å². The normalized spacial score (nSPS) is 10.5. The summed E-state index contributed by atoms with van der Waals surface area (Å²) < 4.78 is 11.2. The third kappa shape index (κ3) is 4.49. The van der Waals surface area contributed by atoms with Crippen LogP contribution < -0.4 is 14.8 Å². The molecule has 0 aliphatic rings. The largest absolute Gasteiger partial charge is 0.495 e. The molecule has 0 aliphatic carbocycles. The van der Waals surface area contributed by atoms with E-state index in [1.165, 1.54) is 16.9 Å². The summed E-state index contributed by atoms with van der Waals surface area (Å²) in [5.41, 5.74) is 5.04. The van der Waals surface area contributed by atoms with Crippen molar-refractivity contribution >= 4 is 22.9 Å². The van der Waals surface area contributed by atoms with E-state index >= 15 is 0 Å². The molecule has 2 aromatic carbocycles. The van der Waals surface area contributed by atoms with Gasteiger partial charge in [-0.15, -0.1) is 11.3 Å². The Morgan fingerprint density at radius 3 is 2.67 bits per heavy atom. The number of carbonyl (C=O) groups is 1. The number of rotatable bonds is 6. The third-order valence-electron chi connectivity index (χ3n) is 4.43. The Bertz CT molecular complexity index is 962. The molecule has 0 saturated heterocycles. The zero-order chi connectivity index (χ0) is 19.4. The van der Waals surface area contributed by atoms with Crippen LogP contribution in [0.2, 0.25) is 0 Å². The van der Waals surface area contributed by atoms with Crippen molar-refractivity contribution in [2.45, 2.75) is 27.4 Å². The van der Waals surface area contributed by atoms with E-state index in [1.807, 2.05) is 55.6 Å². The fourth-order valence-electron chi connectivity index (χ4n) is 2.72. The summed E-state index contributed by atoms with van der Waals surface area (Å²) in [4.78, 5) is 13.2. The minimum atomic E-state index is -0.151. The second-order valence-electron chi connectivity index (χ2n) is 6.46. The number of thiophene rings is 1. The number of ether oxygens (including phenoxy) is 2. The van der Waals surface area contributed by atoms with E-state index in [-0.39, 0.29) is 5.91 Å². The minimum absolute atomic E-state index is 0.151.